The molecule has 29 heavy (non-hydrogen) atoms. The highest BCUT2D eigenvalue weighted by Gasteiger charge is 2.16. The Morgan fingerprint density at radius 3 is 2.69 bits per heavy atom. The standard InChI is InChI=1S/C19H15BrN4O4S/c1-25-11-7-8-13(15(9-11)26-2)17-21-16(28-24-17)10-29-19-23-22-18(27-19)12-5-3-4-6-14(12)20/h3-9H,10H2,1-2H3. The second kappa shape index (κ2) is 8.66. The Hall–Kier alpha value is -2.85. The first-order chi connectivity index (χ1) is 14.2. The largest absolute Gasteiger partial charge is 0.497 e. The van der Waals surface area contributed by atoms with Crippen molar-refractivity contribution in [1.29, 1.82) is 0 Å². The summed E-state index contributed by atoms with van der Waals surface area (Å²) in [5.74, 6) is 2.97. The fraction of sp³-hybridized carbons (Fsp3) is 0.158. The lowest BCUT2D eigenvalue weighted by Crippen LogP contribution is -1.91. The molecule has 0 bridgehead atoms. The number of thioether (sulfide) groups is 1. The van der Waals surface area contributed by atoms with Gasteiger partial charge in [-0.25, -0.2) is 0 Å². The Labute approximate surface area is 178 Å². The molecule has 8 nitrogen and oxygen atoms in total. The first kappa shape index (κ1) is 19.5. The smallest absolute Gasteiger partial charge is 0.277 e. The highest BCUT2D eigenvalue weighted by molar-refractivity contribution is 9.10. The Morgan fingerprint density at radius 2 is 1.90 bits per heavy atom. The minimum atomic E-state index is 0.392. The van der Waals surface area contributed by atoms with Crippen LogP contribution in [0.3, 0.4) is 0 Å². The van der Waals surface area contributed by atoms with Crippen molar-refractivity contribution in [2.45, 2.75) is 11.0 Å². The Bertz CT molecular complexity index is 1130. The average molecular weight is 475 g/mol. The minimum absolute atomic E-state index is 0.392. The second-order valence-electron chi connectivity index (χ2n) is 5.72. The number of hydrogen-bond donors (Lipinski definition) is 0. The molecule has 0 saturated carbocycles. The van der Waals surface area contributed by atoms with Crippen molar-refractivity contribution < 1.29 is 18.4 Å². The summed E-state index contributed by atoms with van der Waals surface area (Å²) >= 11 is 4.79. The molecular formula is C19H15BrN4O4S. The normalized spacial score (nSPS) is 10.9. The lowest BCUT2D eigenvalue weighted by Gasteiger charge is -2.07. The SMILES string of the molecule is COc1ccc(-c2noc(CSc3nnc(-c4ccccc4Br)o3)n2)c(OC)c1. The minimum Gasteiger partial charge on any atom is -0.497 e. The van der Waals surface area contributed by atoms with Crippen LogP contribution in [0.5, 0.6) is 11.5 Å². The van der Waals surface area contributed by atoms with Gasteiger partial charge in [0.1, 0.15) is 11.5 Å². The monoisotopic (exact) mass is 474 g/mol. The number of aromatic nitrogens is 4. The van der Waals surface area contributed by atoms with Gasteiger partial charge < -0.3 is 18.4 Å². The zero-order valence-corrected chi connectivity index (χ0v) is 17.9. The summed E-state index contributed by atoms with van der Waals surface area (Å²) in [6.45, 7) is 0. The first-order valence-corrected chi connectivity index (χ1v) is 10.2. The van der Waals surface area contributed by atoms with Crippen molar-refractivity contribution in [1.82, 2.24) is 20.3 Å². The van der Waals surface area contributed by atoms with E-state index >= 15 is 0 Å². The van der Waals surface area contributed by atoms with Crippen molar-refractivity contribution in [2.75, 3.05) is 14.2 Å². The van der Waals surface area contributed by atoms with Crippen LogP contribution in [0.1, 0.15) is 5.89 Å². The maximum absolute atomic E-state index is 5.71. The van der Waals surface area contributed by atoms with Gasteiger partial charge in [0.15, 0.2) is 0 Å². The van der Waals surface area contributed by atoms with E-state index in [0.29, 0.717) is 45.6 Å². The molecule has 0 fully saturated rings. The van der Waals surface area contributed by atoms with Crippen molar-refractivity contribution in [2.24, 2.45) is 0 Å². The van der Waals surface area contributed by atoms with E-state index in [1.807, 2.05) is 36.4 Å². The summed E-state index contributed by atoms with van der Waals surface area (Å²) in [5.41, 5.74) is 1.54. The maximum Gasteiger partial charge on any atom is 0.277 e. The van der Waals surface area contributed by atoms with Gasteiger partial charge in [-0.2, -0.15) is 4.98 Å². The van der Waals surface area contributed by atoms with Gasteiger partial charge in [-0.15, -0.1) is 10.2 Å². The molecule has 0 amide bonds. The third-order valence-electron chi connectivity index (χ3n) is 3.95. The zero-order valence-electron chi connectivity index (χ0n) is 15.5. The quantitative estimate of drug-likeness (QED) is 0.347. The fourth-order valence-electron chi connectivity index (χ4n) is 2.54. The molecule has 0 spiro atoms. The van der Waals surface area contributed by atoms with Crippen LogP contribution in [0.15, 0.2) is 61.1 Å². The third kappa shape index (κ3) is 4.28. The maximum atomic E-state index is 5.71. The molecule has 4 aromatic rings. The van der Waals surface area contributed by atoms with Gasteiger partial charge in [-0.05, 0) is 40.2 Å². The van der Waals surface area contributed by atoms with E-state index in [4.69, 9.17) is 18.4 Å². The van der Waals surface area contributed by atoms with Crippen molar-refractivity contribution in [3.8, 4) is 34.3 Å². The van der Waals surface area contributed by atoms with Crippen LogP contribution in [-0.4, -0.2) is 34.6 Å². The first-order valence-electron chi connectivity index (χ1n) is 8.44. The zero-order chi connectivity index (χ0) is 20.2. The number of rotatable bonds is 7. The van der Waals surface area contributed by atoms with Crippen LogP contribution in [0, 0.1) is 0 Å². The lowest BCUT2D eigenvalue weighted by atomic mass is 10.2. The van der Waals surface area contributed by atoms with Crippen LogP contribution in [-0.2, 0) is 5.75 Å². The van der Waals surface area contributed by atoms with E-state index in [1.165, 1.54) is 11.8 Å². The topological polar surface area (TPSA) is 96.3 Å². The summed E-state index contributed by atoms with van der Waals surface area (Å²) in [5, 5.41) is 12.6. The Balaban J connectivity index is 1.46. The molecular weight excluding hydrogens is 460 g/mol. The lowest BCUT2D eigenvalue weighted by molar-refractivity contribution is 0.387. The van der Waals surface area contributed by atoms with Gasteiger partial charge in [-0.1, -0.05) is 29.1 Å². The highest BCUT2D eigenvalue weighted by atomic mass is 79.9. The number of nitrogens with zero attached hydrogens (tertiary/aromatic N) is 4. The summed E-state index contributed by atoms with van der Waals surface area (Å²) in [6.07, 6.45) is 0. The van der Waals surface area contributed by atoms with Gasteiger partial charge in [0, 0.05) is 10.5 Å². The number of halogens is 1. The van der Waals surface area contributed by atoms with Crippen LogP contribution in [0.25, 0.3) is 22.8 Å². The van der Waals surface area contributed by atoms with E-state index in [2.05, 4.69) is 36.3 Å². The van der Waals surface area contributed by atoms with Crippen LogP contribution < -0.4 is 9.47 Å². The van der Waals surface area contributed by atoms with Crippen molar-refractivity contribution in [3.63, 3.8) is 0 Å². The fourth-order valence-corrected chi connectivity index (χ4v) is 3.60. The summed E-state index contributed by atoms with van der Waals surface area (Å²) < 4.78 is 22.5. The highest BCUT2D eigenvalue weighted by Crippen LogP contribution is 2.33. The summed E-state index contributed by atoms with van der Waals surface area (Å²) in [7, 11) is 3.17. The van der Waals surface area contributed by atoms with E-state index in [9.17, 15) is 0 Å². The van der Waals surface area contributed by atoms with Gasteiger partial charge in [0.05, 0.1) is 31.1 Å². The predicted molar refractivity (Wildman–Crippen MR) is 110 cm³/mol. The summed E-state index contributed by atoms with van der Waals surface area (Å²) in [6, 6.07) is 13.0. The molecule has 0 N–H and O–H groups in total. The molecule has 4 rings (SSSR count). The molecule has 10 heteroatoms. The van der Waals surface area contributed by atoms with Crippen LogP contribution in [0.4, 0.5) is 0 Å². The molecule has 0 unspecified atom stereocenters. The molecule has 0 atom stereocenters. The number of ether oxygens (including phenoxy) is 2. The van der Waals surface area contributed by atoms with Gasteiger partial charge in [0.25, 0.3) is 5.22 Å². The average Bonchev–Trinajstić information content (AvgIpc) is 3.41. The van der Waals surface area contributed by atoms with E-state index in [0.717, 1.165) is 10.0 Å². The Kier molecular flexibility index (Phi) is 5.81. The molecule has 2 aromatic carbocycles. The van der Waals surface area contributed by atoms with Gasteiger partial charge in [-0.3, -0.25) is 0 Å². The molecule has 148 valence electrons. The molecule has 0 radical (unpaired) electrons. The van der Waals surface area contributed by atoms with Gasteiger partial charge in [0.2, 0.25) is 17.6 Å². The van der Waals surface area contributed by atoms with Crippen LogP contribution >= 0.6 is 27.7 Å². The number of benzene rings is 2. The molecule has 0 aliphatic heterocycles. The van der Waals surface area contributed by atoms with E-state index in [-0.39, 0.29) is 0 Å². The predicted octanol–water partition coefficient (Wildman–Crippen LogP) is 4.86. The van der Waals surface area contributed by atoms with Gasteiger partial charge >= 0.3 is 0 Å². The van der Waals surface area contributed by atoms with Crippen LogP contribution in [0.2, 0.25) is 0 Å². The summed E-state index contributed by atoms with van der Waals surface area (Å²) in [4.78, 5) is 4.42. The molecule has 0 saturated heterocycles. The molecule has 0 aliphatic rings. The van der Waals surface area contributed by atoms with Crippen molar-refractivity contribution >= 4 is 27.7 Å². The third-order valence-corrected chi connectivity index (χ3v) is 5.44. The molecule has 2 heterocycles. The Morgan fingerprint density at radius 1 is 1.03 bits per heavy atom. The number of hydrogen-bond acceptors (Lipinski definition) is 9. The van der Waals surface area contributed by atoms with Crippen molar-refractivity contribution in [3.05, 3.63) is 52.8 Å². The molecule has 0 aliphatic carbocycles. The van der Waals surface area contributed by atoms with E-state index in [1.54, 1.807) is 20.3 Å². The van der Waals surface area contributed by atoms with E-state index < -0.39 is 0 Å². The number of methoxy groups -OCH3 is 2. The molecule has 2 aromatic heterocycles. The second-order valence-corrected chi connectivity index (χ2v) is 7.50.